The van der Waals surface area contributed by atoms with Crippen molar-refractivity contribution >= 4 is 11.4 Å². The van der Waals surface area contributed by atoms with Crippen LogP contribution < -0.4 is 21.9 Å². The highest BCUT2D eigenvalue weighted by molar-refractivity contribution is 5.71. The summed E-state index contributed by atoms with van der Waals surface area (Å²) in [6.07, 6.45) is -4.82. The SMILES string of the molecule is C[C@@H](Nc1c(N)c(=O)c1=O)c1cccc(C(F)(F)F)c1F. The van der Waals surface area contributed by atoms with Crippen LogP contribution in [0.15, 0.2) is 27.8 Å². The molecule has 112 valence electrons. The molecular weight excluding hydrogens is 292 g/mol. The lowest BCUT2D eigenvalue weighted by Crippen LogP contribution is -2.37. The minimum absolute atomic E-state index is 0.204. The molecule has 1 atom stereocenters. The van der Waals surface area contributed by atoms with Crippen molar-refractivity contribution in [2.75, 3.05) is 11.1 Å². The average Bonchev–Trinajstić information content (AvgIpc) is 2.42. The first kappa shape index (κ1) is 15.0. The number of hydrogen-bond donors (Lipinski definition) is 2. The van der Waals surface area contributed by atoms with Crippen LogP contribution in [0.3, 0.4) is 0 Å². The quantitative estimate of drug-likeness (QED) is 0.673. The lowest BCUT2D eigenvalue weighted by Gasteiger charge is -2.19. The molecule has 0 aliphatic carbocycles. The van der Waals surface area contributed by atoms with E-state index in [2.05, 4.69) is 5.32 Å². The molecule has 2 aromatic carbocycles. The Balaban J connectivity index is 2.35. The number of anilines is 2. The van der Waals surface area contributed by atoms with Gasteiger partial charge >= 0.3 is 6.18 Å². The monoisotopic (exact) mass is 302 g/mol. The normalized spacial score (nSPS) is 13.4. The highest BCUT2D eigenvalue weighted by Gasteiger charge is 2.35. The van der Waals surface area contributed by atoms with Crippen molar-refractivity contribution in [1.29, 1.82) is 0 Å². The topological polar surface area (TPSA) is 72.2 Å². The van der Waals surface area contributed by atoms with Crippen molar-refractivity contribution in [3.63, 3.8) is 0 Å². The molecule has 0 unspecified atom stereocenters. The standard InChI is InChI=1S/C13H10F4N2O2/c1-5(19-10-9(18)11(20)12(10)21)6-3-2-4-7(8(6)14)13(15,16)17/h2-5,19H,18H2,1H3/t5-/m1/s1. The zero-order valence-corrected chi connectivity index (χ0v) is 10.7. The van der Waals surface area contributed by atoms with Gasteiger partial charge in [-0.1, -0.05) is 12.1 Å². The predicted molar refractivity (Wildman–Crippen MR) is 69.2 cm³/mol. The Morgan fingerprint density at radius 2 is 1.81 bits per heavy atom. The van der Waals surface area contributed by atoms with Crippen molar-refractivity contribution in [3.05, 3.63) is 55.6 Å². The predicted octanol–water partition coefficient (Wildman–Crippen LogP) is 2.20. The highest BCUT2D eigenvalue weighted by Crippen LogP contribution is 2.34. The van der Waals surface area contributed by atoms with Crippen LogP contribution in [0.1, 0.15) is 24.1 Å². The van der Waals surface area contributed by atoms with Crippen molar-refractivity contribution in [2.24, 2.45) is 0 Å². The minimum atomic E-state index is -4.82. The van der Waals surface area contributed by atoms with E-state index in [0.717, 1.165) is 12.1 Å². The van der Waals surface area contributed by atoms with Gasteiger partial charge in [0.05, 0.1) is 11.6 Å². The van der Waals surface area contributed by atoms with Crippen LogP contribution in [0.2, 0.25) is 0 Å². The second-order valence-corrected chi connectivity index (χ2v) is 4.52. The van der Waals surface area contributed by atoms with E-state index in [1.54, 1.807) is 0 Å². The van der Waals surface area contributed by atoms with Gasteiger partial charge in [0.1, 0.15) is 17.2 Å². The molecule has 0 aromatic heterocycles. The maximum Gasteiger partial charge on any atom is 0.419 e. The van der Waals surface area contributed by atoms with Gasteiger partial charge in [-0.15, -0.1) is 0 Å². The van der Waals surface area contributed by atoms with Gasteiger partial charge in [0, 0.05) is 5.56 Å². The summed E-state index contributed by atoms with van der Waals surface area (Å²) < 4.78 is 51.8. The van der Waals surface area contributed by atoms with Crippen LogP contribution in [0, 0.1) is 5.82 Å². The van der Waals surface area contributed by atoms with Crippen LogP contribution in [0.4, 0.5) is 28.9 Å². The maximum atomic E-state index is 13.9. The molecule has 0 saturated carbocycles. The molecule has 8 heteroatoms. The largest absolute Gasteiger partial charge is 0.419 e. The summed E-state index contributed by atoms with van der Waals surface area (Å²) in [6, 6.07) is 1.88. The lowest BCUT2D eigenvalue weighted by molar-refractivity contribution is -0.140. The number of halogens is 4. The van der Waals surface area contributed by atoms with Gasteiger partial charge in [0.15, 0.2) is 0 Å². The van der Waals surface area contributed by atoms with Crippen LogP contribution in [-0.4, -0.2) is 0 Å². The Hall–Kier alpha value is -2.38. The summed E-state index contributed by atoms with van der Waals surface area (Å²) in [5, 5.41) is 2.46. The molecule has 4 nitrogen and oxygen atoms in total. The molecule has 3 N–H and O–H groups in total. The molecule has 2 aromatic rings. The number of nitrogen functional groups attached to an aromatic ring is 1. The number of alkyl halides is 3. The number of hydrogen-bond acceptors (Lipinski definition) is 4. The highest BCUT2D eigenvalue weighted by atomic mass is 19.4. The Morgan fingerprint density at radius 3 is 2.33 bits per heavy atom. The first-order chi connectivity index (χ1) is 9.64. The number of nitrogens with two attached hydrogens (primary N) is 1. The molecule has 0 aliphatic rings. The lowest BCUT2D eigenvalue weighted by atomic mass is 10.0. The average molecular weight is 302 g/mol. The van der Waals surface area contributed by atoms with Gasteiger partial charge in [-0.2, -0.15) is 13.2 Å². The van der Waals surface area contributed by atoms with Crippen molar-refractivity contribution in [2.45, 2.75) is 19.1 Å². The van der Waals surface area contributed by atoms with E-state index in [9.17, 15) is 27.2 Å². The smallest absolute Gasteiger partial charge is 0.394 e. The summed E-state index contributed by atoms with van der Waals surface area (Å²) in [5.74, 6) is -1.43. The van der Waals surface area contributed by atoms with E-state index in [1.165, 1.54) is 6.92 Å². The van der Waals surface area contributed by atoms with Gasteiger partial charge < -0.3 is 11.1 Å². The Bertz CT molecular complexity index is 760. The maximum absolute atomic E-state index is 13.9. The second kappa shape index (κ2) is 4.87. The molecular formula is C13H10F4N2O2. The van der Waals surface area contributed by atoms with Gasteiger partial charge in [0.25, 0.3) is 10.9 Å². The zero-order valence-electron chi connectivity index (χ0n) is 10.7. The molecule has 21 heavy (non-hydrogen) atoms. The fraction of sp³-hybridized carbons (Fsp3) is 0.231. The van der Waals surface area contributed by atoms with Gasteiger partial charge in [0.2, 0.25) is 0 Å². The van der Waals surface area contributed by atoms with Crippen LogP contribution in [-0.2, 0) is 6.18 Å². The molecule has 0 spiro atoms. The van der Waals surface area contributed by atoms with E-state index in [0.29, 0.717) is 6.07 Å². The van der Waals surface area contributed by atoms with Gasteiger partial charge in [-0.3, -0.25) is 9.59 Å². The Morgan fingerprint density at radius 1 is 1.19 bits per heavy atom. The van der Waals surface area contributed by atoms with E-state index in [-0.39, 0.29) is 16.9 Å². The molecule has 0 heterocycles. The molecule has 2 rings (SSSR count). The van der Waals surface area contributed by atoms with Gasteiger partial charge in [-0.05, 0) is 13.0 Å². The third kappa shape index (κ3) is 2.48. The third-order valence-corrected chi connectivity index (χ3v) is 3.11. The minimum Gasteiger partial charge on any atom is -0.394 e. The summed E-state index contributed by atoms with van der Waals surface area (Å²) in [7, 11) is 0. The fourth-order valence-electron chi connectivity index (χ4n) is 1.95. The van der Waals surface area contributed by atoms with E-state index in [1.807, 2.05) is 0 Å². The van der Waals surface area contributed by atoms with E-state index >= 15 is 0 Å². The summed E-state index contributed by atoms with van der Waals surface area (Å²) in [5.41, 5.74) is 1.37. The summed E-state index contributed by atoms with van der Waals surface area (Å²) in [6.45, 7) is 1.36. The van der Waals surface area contributed by atoms with Gasteiger partial charge in [-0.25, -0.2) is 4.39 Å². The second-order valence-electron chi connectivity index (χ2n) is 4.52. The summed E-state index contributed by atoms with van der Waals surface area (Å²) >= 11 is 0. The molecule has 0 fully saturated rings. The molecule has 0 radical (unpaired) electrons. The van der Waals surface area contributed by atoms with E-state index in [4.69, 9.17) is 5.73 Å². The summed E-state index contributed by atoms with van der Waals surface area (Å²) in [4.78, 5) is 22.2. The first-order valence-corrected chi connectivity index (χ1v) is 5.85. The molecule has 0 saturated heterocycles. The number of nitrogens with one attached hydrogen (secondary N) is 1. The molecule has 0 amide bonds. The third-order valence-electron chi connectivity index (χ3n) is 3.11. The fourth-order valence-corrected chi connectivity index (χ4v) is 1.95. The number of benzene rings is 1. The zero-order chi connectivity index (χ0) is 15.9. The van der Waals surface area contributed by atoms with E-state index < -0.39 is 34.5 Å². The van der Waals surface area contributed by atoms with Crippen LogP contribution in [0.5, 0.6) is 0 Å². The molecule has 0 bridgehead atoms. The number of rotatable bonds is 3. The molecule has 0 aliphatic heterocycles. The van der Waals surface area contributed by atoms with Crippen molar-refractivity contribution in [3.8, 4) is 0 Å². The van der Waals surface area contributed by atoms with Crippen molar-refractivity contribution in [1.82, 2.24) is 0 Å². The van der Waals surface area contributed by atoms with Crippen LogP contribution >= 0.6 is 0 Å². The van der Waals surface area contributed by atoms with Crippen LogP contribution in [0.25, 0.3) is 0 Å². The first-order valence-electron chi connectivity index (χ1n) is 5.85. The van der Waals surface area contributed by atoms with Crippen molar-refractivity contribution < 1.29 is 17.6 Å². The Labute approximate surface area is 115 Å². The Kier molecular flexibility index (Phi) is 3.48.